The summed E-state index contributed by atoms with van der Waals surface area (Å²) in [5, 5.41) is 19.0. The average molecular weight is 329 g/mol. The quantitative estimate of drug-likeness (QED) is 0.583. The Labute approximate surface area is 143 Å². The molecule has 0 bridgehead atoms. The number of carbonyl (C=O) groups is 1. The molecular formula is C19H15N5O. The number of nitrogens with zero attached hydrogens (tertiary/aromatic N) is 4. The number of fused-ring (bicyclic) bond motifs is 1. The molecule has 2 aromatic carbocycles. The van der Waals surface area contributed by atoms with Crippen LogP contribution in [0.4, 0.5) is 0 Å². The number of benzene rings is 2. The van der Waals surface area contributed by atoms with Gasteiger partial charge in [0.25, 0.3) is 0 Å². The Hall–Kier alpha value is -3.41. The predicted octanol–water partition coefficient (Wildman–Crippen LogP) is 3.26. The van der Waals surface area contributed by atoms with Crippen LogP contribution in [-0.2, 0) is 0 Å². The third-order valence-electron chi connectivity index (χ3n) is 4.12. The third kappa shape index (κ3) is 2.67. The fourth-order valence-electron chi connectivity index (χ4n) is 2.67. The van der Waals surface area contributed by atoms with E-state index in [1.54, 1.807) is 12.1 Å². The maximum Gasteiger partial charge on any atom is 0.215 e. The summed E-state index contributed by atoms with van der Waals surface area (Å²) in [6.45, 7) is 4.00. The molecular weight excluding hydrogens is 314 g/mol. The number of H-pyrrole nitrogens is 1. The van der Waals surface area contributed by atoms with Crippen LogP contribution in [0.2, 0.25) is 0 Å². The fourth-order valence-corrected chi connectivity index (χ4v) is 2.67. The zero-order valence-electron chi connectivity index (χ0n) is 13.8. The second-order valence-corrected chi connectivity index (χ2v) is 6.00. The van der Waals surface area contributed by atoms with Crippen molar-refractivity contribution >= 4 is 16.8 Å². The number of hydrogen-bond acceptors (Lipinski definition) is 5. The summed E-state index contributed by atoms with van der Waals surface area (Å²) in [7, 11) is 0. The number of nitrogens with one attached hydrogen (secondary N) is 1. The highest BCUT2D eigenvalue weighted by Crippen LogP contribution is 2.26. The summed E-state index contributed by atoms with van der Waals surface area (Å²) >= 11 is 0. The van der Waals surface area contributed by atoms with Crippen LogP contribution in [0, 0.1) is 13.8 Å². The van der Waals surface area contributed by atoms with Crippen molar-refractivity contribution in [3.63, 3.8) is 0 Å². The molecule has 0 radical (unpaired) electrons. The van der Waals surface area contributed by atoms with Crippen LogP contribution in [0.1, 0.15) is 27.2 Å². The molecule has 0 saturated carbocycles. The minimum atomic E-state index is -0.209. The van der Waals surface area contributed by atoms with Crippen molar-refractivity contribution in [1.29, 1.82) is 0 Å². The minimum absolute atomic E-state index is 0.209. The van der Waals surface area contributed by atoms with Crippen molar-refractivity contribution in [2.45, 2.75) is 13.8 Å². The SMILES string of the molecule is Cc1ccc(C(=O)c2nnnc3c(-c4ccc(C)cc4)n[nH]c23)cc1. The van der Waals surface area contributed by atoms with Crippen LogP contribution in [-0.4, -0.2) is 31.4 Å². The fraction of sp³-hybridized carbons (Fsp3) is 0.105. The summed E-state index contributed by atoms with van der Waals surface area (Å²) in [6, 6.07) is 15.3. The van der Waals surface area contributed by atoms with Gasteiger partial charge in [-0.1, -0.05) is 59.7 Å². The second kappa shape index (κ2) is 5.90. The lowest BCUT2D eigenvalue weighted by Gasteiger charge is -2.01. The number of rotatable bonds is 3. The van der Waals surface area contributed by atoms with Gasteiger partial charge in [-0.2, -0.15) is 5.10 Å². The van der Waals surface area contributed by atoms with Gasteiger partial charge in [-0.3, -0.25) is 9.89 Å². The number of carbonyl (C=O) groups excluding carboxylic acids is 1. The summed E-state index contributed by atoms with van der Waals surface area (Å²) in [5.74, 6) is -0.209. The molecule has 0 spiro atoms. The van der Waals surface area contributed by atoms with Gasteiger partial charge in [-0.05, 0) is 19.1 Å². The second-order valence-electron chi connectivity index (χ2n) is 6.00. The van der Waals surface area contributed by atoms with Crippen molar-refractivity contribution in [3.8, 4) is 11.3 Å². The molecule has 6 heteroatoms. The van der Waals surface area contributed by atoms with Gasteiger partial charge < -0.3 is 0 Å². The van der Waals surface area contributed by atoms with E-state index in [1.807, 2.05) is 50.2 Å². The van der Waals surface area contributed by atoms with Crippen LogP contribution in [0.15, 0.2) is 48.5 Å². The summed E-state index contributed by atoms with van der Waals surface area (Å²) in [4.78, 5) is 12.8. The Morgan fingerprint density at radius 3 is 2.20 bits per heavy atom. The number of aryl methyl sites for hydroxylation is 2. The van der Waals surface area contributed by atoms with Crippen LogP contribution < -0.4 is 0 Å². The highest BCUT2D eigenvalue weighted by molar-refractivity contribution is 6.14. The molecule has 1 N–H and O–H groups in total. The van der Waals surface area contributed by atoms with E-state index in [0.717, 1.165) is 16.7 Å². The molecule has 0 atom stereocenters. The monoisotopic (exact) mass is 329 g/mol. The molecule has 2 aromatic heterocycles. The largest absolute Gasteiger partial charge is 0.287 e. The van der Waals surface area contributed by atoms with Gasteiger partial charge in [0.2, 0.25) is 5.78 Å². The summed E-state index contributed by atoms with van der Waals surface area (Å²) in [6.07, 6.45) is 0. The van der Waals surface area contributed by atoms with Gasteiger partial charge in [0, 0.05) is 11.1 Å². The molecule has 4 rings (SSSR count). The molecule has 4 aromatic rings. The first-order valence-corrected chi connectivity index (χ1v) is 7.89. The molecule has 0 aliphatic carbocycles. The molecule has 0 unspecified atom stereocenters. The molecule has 0 aliphatic heterocycles. The first-order chi connectivity index (χ1) is 12.1. The van der Waals surface area contributed by atoms with Gasteiger partial charge in [-0.25, -0.2) is 0 Å². The molecule has 0 aliphatic rings. The standard InChI is InChI=1S/C19H15N5O/c1-11-3-7-13(8-4-11)15-16-17(21-20-15)18(23-24-22-16)19(25)14-9-5-12(2)6-10-14/h3-10H,1-2H3,(H,20,21). The number of aromatic amines is 1. The predicted molar refractivity (Wildman–Crippen MR) is 94.3 cm³/mol. The van der Waals surface area contributed by atoms with Crippen LogP contribution in [0.3, 0.4) is 0 Å². The maximum absolute atomic E-state index is 12.8. The van der Waals surface area contributed by atoms with Crippen molar-refractivity contribution in [2.75, 3.05) is 0 Å². The molecule has 6 nitrogen and oxygen atoms in total. The lowest BCUT2D eigenvalue weighted by molar-refractivity contribution is 0.103. The van der Waals surface area contributed by atoms with E-state index in [-0.39, 0.29) is 11.5 Å². The van der Waals surface area contributed by atoms with Crippen LogP contribution >= 0.6 is 0 Å². The minimum Gasteiger partial charge on any atom is -0.287 e. The van der Waals surface area contributed by atoms with Crippen molar-refractivity contribution in [3.05, 3.63) is 70.9 Å². The molecule has 0 amide bonds. The van der Waals surface area contributed by atoms with E-state index >= 15 is 0 Å². The van der Waals surface area contributed by atoms with Gasteiger partial charge in [0.05, 0.1) is 0 Å². The normalized spacial score (nSPS) is 11.0. The Bertz CT molecular complexity index is 1070. The highest BCUT2D eigenvalue weighted by atomic mass is 16.1. The van der Waals surface area contributed by atoms with E-state index in [2.05, 4.69) is 25.6 Å². The Kier molecular flexibility index (Phi) is 3.57. The lowest BCUT2D eigenvalue weighted by atomic mass is 10.0. The smallest absolute Gasteiger partial charge is 0.215 e. The number of ketones is 1. The maximum atomic E-state index is 12.8. The van der Waals surface area contributed by atoms with Gasteiger partial charge in [-0.15, -0.1) is 10.2 Å². The van der Waals surface area contributed by atoms with Crippen molar-refractivity contribution in [2.24, 2.45) is 0 Å². The zero-order valence-corrected chi connectivity index (χ0v) is 13.8. The van der Waals surface area contributed by atoms with E-state index in [4.69, 9.17) is 0 Å². The van der Waals surface area contributed by atoms with E-state index < -0.39 is 0 Å². The Balaban J connectivity index is 1.82. The van der Waals surface area contributed by atoms with E-state index in [1.165, 1.54) is 0 Å². The van der Waals surface area contributed by atoms with Crippen LogP contribution in [0.5, 0.6) is 0 Å². The van der Waals surface area contributed by atoms with Gasteiger partial charge in [0.1, 0.15) is 16.7 Å². The van der Waals surface area contributed by atoms with E-state index in [0.29, 0.717) is 22.3 Å². The Morgan fingerprint density at radius 2 is 1.52 bits per heavy atom. The molecule has 0 saturated heterocycles. The highest BCUT2D eigenvalue weighted by Gasteiger charge is 2.20. The van der Waals surface area contributed by atoms with E-state index in [9.17, 15) is 4.79 Å². The van der Waals surface area contributed by atoms with Crippen LogP contribution in [0.25, 0.3) is 22.3 Å². The molecule has 122 valence electrons. The topological polar surface area (TPSA) is 84.4 Å². The molecule has 25 heavy (non-hydrogen) atoms. The third-order valence-corrected chi connectivity index (χ3v) is 4.12. The Morgan fingerprint density at radius 1 is 0.880 bits per heavy atom. The first-order valence-electron chi connectivity index (χ1n) is 7.89. The van der Waals surface area contributed by atoms with Crippen molar-refractivity contribution < 1.29 is 4.79 Å². The van der Waals surface area contributed by atoms with Crippen molar-refractivity contribution in [1.82, 2.24) is 25.6 Å². The average Bonchev–Trinajstić information content (AvgIpc) is 3.06. The number of hydrogen-bond donors (Lipinski definition) is 1. The lowest BCUT2D eigenvalue weighted by Crippen LogP contribution is -2.07. The molecule has 2 heterocycles. The summed E-state index contributed by atoms with van der Waals surface area (Å²) < 4.78 is 0. The number of aromatic nitrogens is 5. The zero-order chi connectivity index (χ0) is 17.4. The first kappa shape index (κ1) is 15.1. The molecule has 0 fully saturated rings. The van der Waals surface area contributed by atoms with Gasteiger partial charge >= 0.3 is 0 Å². The summed E-state index contributed by atoms with van der Waals surface area (Å²) in [5.41, 5.74) is 5.62. The van der Waals surface area contributed by atoms with Gasteiger partial charge in [0.15, 0.2) is 5.69 Å².